The van der Waals surface area contributed by atoms with Crippen molar-refractivity contribution in [2.45, 2.75) is 13.3 Å². The lowest BCUT2D eigenvalue weighted by Gasteiger charge is -2.10. The molecule has 5 heteroatoms. The van der Waals surface area contributed by atoms with Crippen molar-refractivity contribution in [3.63, 3.8) is 0 Å². The Kier molecular flexibility index (Phi) is 5.12. The summed E-state index contributed by atoms with van der Waals surface area (Å²) in [5, 5.41) is 0. The summed E-state index contributed by atoms with van der Waals surface area (Å²) >= 11 is 0. The van der Waals surface area contributed by atoms with Gasteiger partial charge in [-0.05, 0) is 19.1 Å². The predicted molar refractivity (Wildman–Crippen MR) is 105 cm³/mol. The van der Waals surface area contributed by atoms with Crippen molar-refractivity contribution < 1.29 is 14.3 Å². The summed E-state index contributed by atoms with van der Waals surface area (Å²) in [4.78, 5) is 24.7. The van der Waals surface area contributed by atoms with Gasteiger partial charge in [0.1, 0.15) is 5.75 Å². The Morgan fingerprint density at radius 2 is 1.70 bits per heavy atom. The predicted octanol–water partition coefficient (Wildman–Crippen LogP) is 3.27. The van der Waals surface area contributed by atoms with Crippen LogP contribution in [-0.2, 0) is 18.3 Å². The van der Waals surface area contributed by atoms with Crippen molar-refractivity contribution in [2.24, 2.45) is 12.8 Å². The molecule has 2 N–H and O–H groups in total. The van der Waals surface area contributed by atoms with Crippen molar-refractivity contribution in [2.75, 3.05) is 7.11 Å². The fourth-order valence-corrected chi connectivity index (χ4v) is 3.19. The number of amides is 1. The topological polar surface area (TPSA) is 74.3 Å². The molecule has 1 amide bonds. The Balaban J connectivity index is 2.16. The lowest BCUT2D eigenvalue weighted by atomic mass is 10.0. The number of aryl methyl sites for hydroxylation is 1. The van der Waals surface area contributed by atoms with Crippen LogP contribution in [0.15, 0.2) is 54.6 Å². The zero-order valence-electron chi connectivity index (χ0n) is 15.7. The van der Waals surface area contributed by atoms with E-state index < -0.39 is 5.91 Å². The molecule has 0 spiro atoms. The lowest BCUT2D eigenvalue weighted by Crippen LogP contribution is -2.17. The van der Waals surface area contributed by atoms with E-state index in [0.29, 0.717) is 22.7 Å². The highest BCUT2D eigenvalue weighted by Gasteiger charge is 2.22. The number of hydrogen-bond acceptors (Lipinski definition) is 3. The summed E-state index contributed by atoms with van der Waals surface area (Å²) in [6.07, 6.45) is 0.0328. The van der Waals surface area contributed by atoms with Gasteiger partial charge in [-0.1, -0.05) is 48.0 Å². The monoisotopic (exact) mass is 362 g/mol. The third-order valence-corrected chi connectivity index (χ3v) is 4.64. The first kappa shape index (κ1) is 18.5. The minimum atomic E-state index is -0.457. The zero-order chi connectivity index (χ0) is 19.6. The molecule has 27 heavy (non-hydrogen) atoms. The second kappa shape index (κ2) is 7.50. The first-order chi connectivity index (χ1) is 12.9. The molecule has 5 nitrogen and oxygen atoms in total. The maximum Gasteiger partial charge on any atom is 0.223 e. The van der Waals surface area contributed by atoms with Crippen molar-refractivity contribution in [3.05, 3.63) is 77.1 Å². The quantitative estimate of drug-likeness (QED) is 0.684. The van der Waals surface area contributed by atoms with Gasteiger partial charge in [-0.3, -0.25) is 9.59 Å². The number of ether oxygens (including phenoxy) is 1. The van der Waals surface area contributed by atoms with Gasteiger partial charge in [-0.2, -0.15) is 0 Å². The van der Waals surface area contributed by atoms with Crippen LogP contribution in [0.25, 0.3) is 11.1 Å². The van der Waals surface area contributed by atoms with Crippen LogP contribution in [0.3, 0.4) is 0 Å². The van der Waals surface area contributed by atoms with Gasteiger partial charge in [-0.25, -0.2) is 0 Å². The molecule has 0 atom stereocenters. The van der Waals surface area contributed by atoms with Gasteiger partial charge in [0.25, 0.3) is 0 Å². The second-order valence-electron chi connectivity index (χ2n) is 6.49. The number of nitrogens with two attached hydrogens (primary N) is 1. The average molecular weight is 362 g/mol. The maximum absolute atomic E-state index is 13.0. The average Bonchev–Trinajstić information content (AvgIpc) is 2.97. The number of ketones is 1. The number of hydrogen-bond donors (Lipinski definition) is 1. The van der Waals surface area contributed by atoms with E-state index in [2.05, 4.69) is 0 Å². The third-order valence-electron chi connectivity index (χ3n) is 4.64. The van der Waals surface area contributed by atoms with Gasteiger partial charge >= 0.3 is 0 Å². The lowest BCUT2D eigenvalue weighted by molar-refractivity contribution is -0.117. The summed E-state index contributed by atoms with van der Waals surface area (Å²) in [6, 6.07) is 16.7. The van der Waals surface area contributed by atoms with E-state index in [9.17, 15) is 9.59 Å². The van der Waals surface area contributed by atoms with Crippen molar-refractivity contribution in [1.82, 2.24) is 4.57 Å². The largest absolute Gasteiger partial charge is 0.496 e. The molecular weight excluding hydrogens is 340 g/mol. The van der Waals surface area contributed by atoms with Gasteiger partial charge < -0.3 is 15.0 Å². The van der Waals surface area contributed by atoms with Gasteiger partial charge in [0, 0.05) is 29.4 Å². The molecule has 0 aliphatic heterocycles. The number of nitrogens with zero attached hydrogens (tertiary/aromatic N) is 1. The molecule has 0 bridgehead atoms. The van der Waals surface area contributed by atoms with E-state index in [1.807, 2.05) is 43.3 Å². The van der Waals surface area contributed by atoms with Crippen LogP contribution in [0, 0.1) is 6.92 Å². The molecule has 0 saturated heterocycles. The molecule has 0 radical (unpaired) electrons. The molecule has 1 aromatic heterocycles. The summed E-state index contributed by atoms with van der Waals surface area (Å²) in [5.74, 6) is 0.106. The van der Waals surface area contributed by atoms with Crippen LogP contribution in [0.1, 0.15) is 27.3 Å². The fourth-order valence-electron chi connectivity index (χ4n) is 3.19. The van der Waals surface area contributed by atoms with E-state index in [1.165, 1.54) is 0 Å². The van der Waals surface area contributed by atoms with E-state index in [1.54, 1.807) is 36.9 Å². The summed E-state index contributed by atoms with van der Waals surface area (Å²) in [6.45, 7) is 1.97. The van der Waals surface area contributed by atoms with Crippen LogP contribution in [0.2, 0.25) is 0 Å². The number of carbonyl (C=O) groups excluding carboxylic acids is 2. The smallest absolute Gasteiger partial charge is 0.223 e. The fraction of sp³-hybridized carbons (Fsp3) is 0.182. The molecular formula is C22H22N2O3. The van der Waals surface area contributed by atoms with Crippen molar-refractivity contribution >= 4 is 11.7 Å². The zero-order valence-corrected chi connectivity index (χ0v) is 15.7. The molecule has 0 aliphatic rings. The molecule has 138 valence electrons. The van der Waals surface area contributed by atoms with Crippen LogP contribution in [-0.4, -0.2) is 23.4 Å². The van der Waals surface area contributed by atoms with E-state index >= 15 is 0 Å². The Morgan fingerprint density at radius 3 is 2.33 bits per heavy atom. The minimum Gasteiger partial charge on any atom is -0.496 e. The van der Waals surface area contributed by atoms with Gasteiger partial charge in [0.2, 0.25) is 11.7 Å². The normalized spacial score (nSPS) is 10.6. The van der Waals surface area contributed by atoms with Crippen LogP contribution in [0.4, 0.5) is 0 Å². The Hall–Kier alpha value is -3.34. The van der Waals surface area contributed by atoms with Crippen LogP contribution in [0.5, 0.6) is 5.75 Å². The number of carbonyl (C=O) groups is 2. The van der Waals surface area contributed by atoms with Gasteiger partial charge in [0.15, 0.2) is 0 Å². The molecule has 2 aromatic carbocycles. The number of methoxy groups -OCH3 is 1. The highest BCUT2D eigenvalue weighted by Crippen LogP contribution is 2.35. The third kappa shape index (κ3) is 3.62. The molecule has 3 aromatic rings. The highest BCUT2D eigenvalue weighted by atomic mass is 16.5. The van der Waals surface area contributed by atoms with E-state index in [0.717, 1.165) is 16.7 Å². The Morgan fingerprint density at radius 1 is 1.04 bits per heavy atom. The van der Waals surface area contributed by atoms with E-state index in [-0.39, 0.29) is 12.2 Å². The Bertz CT molecular complexity index is 1000. The van der Waals surface area contributed by atoms with Crippen LogP contribution >= 0.6 is 0 Å². The molecule has 0 saturated carbocycles. The molecule has 1 heterocycles. The standard InChI is InChI=1S/C22H22N2O3/c1-14-8-10-15(11-9-14)22(26)19-12-17(18(24(19)2)13-21(23)25)16-6-4-5-7-20(16)27-3/h4-12H,13H2,1-3H3,(H2,23,25). The molecule has 0 aliphatic carbocycles. The summed E-state index contributed by atoms with van der Waals surface area (Å²) in [5.41, 5.74) is 9.90. The highest BCUT2D eigenvalue weighted by molar-refractivity contribution is 6.09. The minimum absolute atomic E-state index is 0.0328. The van der Waals surface area contributed by atoms with E-state index in [4.69, 9.17) is 10.5 Å². The first-order valence-corrected chi connectivity index (χ1v) is 8.64. The Labute approximate surface area is 158 Å². The molecule has 0 fully saturated rings. The number of primary amides is 1. The van der Waals surface area contributed by atoms with Crippen LogP contribution < -0.4 is 10.5 Å². The van der Waals surface area contributed by atoms with Crippen molar-refractivity contribution in [3.8, 4) is 16.9 Å². The first-order valence-electron chi connectivity index (χ1n) is 8.64. The number of benzene rings is 2. The number of rotatable bonds is 6. The summed E-state index contributed by atoms with van der Waals surface area (Å²) < 4.78 is 7.20. The van der Waals surface area contributed by atoms with Gasteiger partial charge in [0.05, 0.1) is 19.2 Å². The SMILES string of the molecule is COc1ccccc1-c1cc(C(=O)c2ccc(C)cc2)n(C)c1CC(N)=O. The maximum atomic E-state index is 13.0. The summed E-state index contributed by atoms with van der Waals surface area (Å²) in [7, 11) is 3.37. The molecule has 3 rings (SSSR count). The number of aromatic nitrogens is 1. The van der Waals surface area contributed by atoms with Gasteiger partial charge in [-0.15, -0.1) is 0 Å². The molecule has 0 unspecified atom stereocenters. The van der Waals surface area contributed by atoms with Crippen molar-refractivity contribution in [1.29, 1.82) is 0 Å². The second-order valence-corrected chi connectivity index (χ2v) is 6.49. The number of para-hydroxylation sites is 1.